The second-order valence-corrected chi connectivity index (χ2v) is 5.43. The van der Waals surface area contributed by atoms with E-state index in [1.165, 1.54) is 7.11 Å². The molecule has 0 aliphatic carbocycles. The number of methoxy groups -OCH3 is 1. The first-order valence-corrected chi connectivity index (χ1v) is 6.09. The fourth-order valence-electron chi connectivity index (χ4n) is 1.67. The summed E-state index contributed by atoms with van der Waals surface area (Å²) in [7, 11) is 1.38. The van der Waals surface area contributed by atoms with Gasteiger partial charge in [0.1, 0.15) is 5.60 Å². The second-order valence-electron chi connectivity index (χ2n) is 5.43. The van der Waals surface area contributed by atoms with Crippen LogP contribution < -0.4 is 5.32 Å². The third-order valence-corrected chi connectivity index (χ3v) is 2.54. The van der Waals surface area contributed by atoms with Gasteiger partial charge in [-0.3, -0.25) is 9.69 Å². The zero-order valence-electron chi connectivity index (χ0n) is 11.5. The van der Waals surface area contributed by atoms with Crippen LogP contribution in [0.25, 0.3) is 0 Å². The van der Waals surface area contributed by atoms with Crippen LogP contribution in [0.2, 0.25) is 0 Å². The molecule has 104 valence electrons. The molecule has 1 rings (SSSR count). The Morgan fingerprint density at radius 3 is 2.44 bits per heavy atom. The van der Waals surface area contributed by atoms with Gasteiger partial charge in [0.05, 0.1) is 19.6 Å². The third-order valence-electron chi connectivity index (χ3n) is 2.54. The highest BCUT2D eigenvalue weighted by molar-refractivity contribution is 5.69. The van der Waals surface area contributed by atoms with Gasteiger partial charge in [-0.2, -0.15) is 0 Å². The number of nitrogens with zero attached hydrogens (tertiary/aromatic N) is 1. The number of rotatable bonds is 4. The van der Waals surface area contributed by atoms with Crippen LogP contribution in [0.1, 0.15) is 27.2 Å². The van der Waals surface area contributed by atoms with Crippen LogP contribution in [-0.2, 0) is 14.3 Å². The highest BCUT2D eigenvalue weighted by Crippen LogP contribution is 2.11. The fraction of sp³-hybridized carbons (Fsp3) is 0.833. The molecule has 1 aliphatic rings. The Kier molecular flexibility index (Phi) is 4.95. The predicted octanol–water partition coefficient (Wildman–Crippen LogP) is 0.758. The van der Waals surface area contributed by atoms with Crippen molar-refractivity contribution >= 4 is 12.1 Å². The quantitative estimate of drug-likeness (QED) is 0.754. The van der Waals surface area contributed by atoms with Gasteiger partial charge in [-0.05, 0) is 20.8 Å². The van der Waals surface area contributed by atoms with E-state index >= 15 is 0 Å². The molecule has 0 unspecified atom stereocenters. The van der Waals surface area contributed by atoms with Crippen molar-refractivity contribution in [2.45, 2.75) is 38.8 Å². The average molecular weight is 258 g/mol. The number of carbonyl (C=O) groups excluding carboxylic acids is 2. The van der Waals surface area contributed by atoms with Gasteiger partial charge in [0.15, 0.2) is 0 Å². The van der Waals surface area contributed by atoms with Gasteiger partial charge in [0, 0.05) is 19.6 Å². The van der Waals surface area contributed by atoms with Gasteiger partial charge < -0.3 is 14.8 Å². The molecule has 1 N–H and O–H groups in total. The molecule has 0 aromatic heterocycles. The van der Waals surface area contributed by atoms with E-state index in [9.17, 15) is 9.59 Å². The summed E-state index contributed by atoms with van der Waals surface area (Å²) >= 11 is 0. The minimum atomic E-state index is -0.474. The molecule has 0 saturated carbocycles. The number of nitrogens with one attached hydrogen (secondary N) is 1. The molecule has 0 atom stereocenters. The highest BCUT2D eigenvalue weighted by atomic mass is 16.6. The number of hydrogen-bond acceptors (Lipinski definition) is 5. The summed E-state index contributed by atoms with van der Waals surface area (Å²) in [6.45, 7) is 7.65. The van der Waals surface area contributed by atoms with E-state index < -0.39 is 5.60 Å². The molecule has 0 aromatic rings. The summed E-state index contributed by atoms with van der Waals surface area (Å²) in [5.41, 5.74) is -0.474. The number of esters is 1. The van der Waals surface area contributed by atoms with E-state index in [-0.39, 0.29) is 18.1 Å². The van der Waals surface area contributed by atoms with E-state index in [2.05, 4.69) is 15.0 Å². The number of likely N-dealkylation sites (tertiary alicyclic amines) is 1. The van der Waals surface area contributed by atoms with Crippen LogP contribution in [0.4, 0.5) is 4.79 Å². The van der Waals surface area contributed by atoms with Crippen molar-refractivity contribution < 1.29 is 19.1 Å². The average Bonchev–Trinajstić information content (AvgIpc) is 2.17. The molecule has 1 fully saturated rings. The van der Waals surface area contributed by atoms with Gasteiger partial charge in [0.25, 0.3) is 0 Å². The zero-order chi connectivity index (χ0) is 13.8. The van der Waals surface area contributed by atoms with Gasteiger partial charge in [-0.15, -0.1) is 0 Å². The molecule has 1 aliphatic heterocycles. The van der Waals surface area contributed by atoms with Gasteiger partial charge in [-0.1, -0.05) is 0 Å². The summed E-state index contributed by atoms with van der Waals surface area (Å²) < 4.78 is 9.71. The smallest absolute Gasteiger partial charge is 0.407 e. The molecule has 0 spiro atoms. The van der Waals surface area contributed by atoms with E-state index in [0.29, 0.717) is 13.0 Å². The molecule has 18 heavy (non-hydrogen) atoms. The minimum Gasteiger partial charge on any atom is -0.469 e. The highest BCUT2D eigenvalue weighted by Gasteiger charge is 2.29. The van der Waals surface area contributed by atoms with E-state index in [0.717, 1.165) is 13.1 Å². The first-order chi connectivity index (χ1) is 8.30. The SMILES string of the molecule is COC(=O)CCN1CC(NC(=O)OC(C)(C)C)C1. The Labute approximate surface area is 108 Å². The van der Waals surface area contributed by atoms with Crippen molar-refractivity contribution in [3.63, 3.8) is 0 Å². The summed E-state index contributed by atoms with van der Waals surface area (Å²) in [6.07, 6.45) is -0.00420. The van der Waals surface area contributed by atoms with Crippen molar-refractivity contribution in [1.29, 1.82) is 0 Å². The van der Waals surface area contributed by atoms with Gasteiger partial charge in [-0.25, -0.2) is 4.79 Å². The number of carbonyl (C=O) groups is 2. The molecule has 1 saturated heterocycles. The lowest BCUT2D eigenvalue weighted by Gasteiger charge is -2.39. The standard InChI is InChI=1S/C12H22N2O4/c1-12(2,3)18-11(16)13-9-7-14(8-9)6-5-10(15)17-4/h9H,5-8H2,1-4H3,(H,13,16). The Balaban J connectivity index is 2.12. The maximum atomic E-state index is 11.5. The summed E-state index contributed by atoms with van der Waals surface area (Å²) in [4.78, 5) is 24.5. The first-order valence-electron chi connectivity index (χ1n) is 6.09. The lowest BCUT2D eigenvalue weighted by Crippen LogP contribution is -2.59. The third kappa shape index (κ3) is 5.35. The predicted molar refractivity (Wildman–Crippen MR) is 66.2 cm³/mol. The summed E-state index contributed by atoms with van der Waals surface area (Å²) in [5.74, 6) is -0.210. The molecule has 1 heterocycles. The normalized spacial score (nSPS) is 16.9. The number of amides is 1. The van der Waals surface area contributed by atoms with Gasteiger partial charge in [0.2, 0.25) is 0 Å². The van der Waals surface area contributed by atoms with Crippen molar-refractivity contribution in [2.75, 3.05) is 26.7 Å². The van der Waals surface area contributed by atoms with E-state index in [1.54, 1.807) is 0 Å². The maximum Gasteiger partial charge on any atom is 0.407 e. The molecule has 0 bridgehead atoms. The summed E-state index contributed by atoms with van der Waals surface area (Å²) in [5, 5.41) is 2.79. The largest absolute Gasteiger partial charge is 0.469 e. The Morgan fingerprint density at radius 2 is 1.94 bits per heavy atom. The summed E-state index contributed by atoms with van der Waals surface area (Å²) in [6, 6.07) is 0.109. The molecular weight excluding hydrogens is 236 g/mol. The number of ether oxygens (including phenoxy) is 2. The Morgan fingerprint density at radius 1 is 1.33 bits per heavy atom. The van der Waals surface area contributed by atoms with Gasteiger partial charge >= 0.3 is 12.1 Å². The van der Waals surface area contributed by atoms with Crippen molar-refractivity contribution in [3.8, 4) is 0 Å². The van der Waals surface area contributed by atoms with Crippen LogP contribution in [0, 0.1) is 0 Å². The first kappa shape index (κ1) is 14.8. The van der Waals surface area contributed by atoms with Crippen molar-refractivity contribution in [3.05, 3.63) is 0 Å². The monoisotopic (exact) mass is 258 g/mol. The van der Waals surface area contributed by atoms with E-state index in [1.807, 2.05) is 20.8 Å². The molecular formula is C12H22N2O4. The Bertz CT molecular complexity index is 306. The zero-order valence-corrected chi connectivity index (χ0v) is 11.5. The second kappa shape index (κ2) is 6.04. The molecule has 0 aromatic carbocycles. The molecule has 1 amide bonds. The van der Waals surface area contributed by atoms with E-state index in [4.69, 9.17) is 4.74 Å². The molecule has 0 radical (unpaired) electrons. The van der Waals surface area contributed by atoms with Crippen LogP contribution >= 0.6 is 0 Å². The van der Waals surface area contributed by atoms with Crippen molar-refractivity contribution in [2.24, 2.45) is 0 Å². The van der Waals surface area contributed by atoms with Crippen molar-refractivity contribution in [1.82, 2.24) is 10.2 Å². The Hall–Kier alpha value is -1.30. The number of hydrogen-bond donors (Lipinski definition) is 1. The lowest BCUT2D eigenvalue weighted by molar-refractivity contribution is -0.141. The van der Waals surface area contributed by atoms with Crippen LogP contribution in [0.15, 0.2) is 0 Å². The fourth-order valence-corrected chi connectivity index (χ4v) is 1.67. The van der Waals surface area contributed by atoms with Crippen LogP contribution in [0.3, 0.4) is 0 Å². The lowest BCUT2D eigenvalue weighted by atomic mass is 10.1. The molecule has 6 heteroatoms. The van der Waals surface area contributed by atoms with Crippen LogP contribution in [-0.4, -0.2) is 55.3 Å². The maximum absolute atomic E-state index is 11.5. The topological polar surface area (TPSA) is 67.9 Å². The molecule has 6 nitrogen and oxygen atoms in total. The number of alkyl carbamates (subject to hydrolysis) is 1. The van der Waals surface area contributed by atoms with Crippen LogP contribution in [0.5, 0.6) is 0 Å². The minimum absolute atomic E-state index is 0.109.